The smallest absolute Gasteiger partial charge is 0.191 e. The van der Waals surface area contributed by atoms with Crippen LogP contribution >= 0.6 is 11.3 Å². The summed E-state index contributed by atoms with van der Waals surface area (Å²) in [6.07, 6.45) is -0.0452. The molecule has 74 valence electrons. The Morgan fingerprint density at radius 2 is 2.43 bits per heavy atom. The van der Waals surface area contributed by atoms with E-state index in [1.807, 2.05) is 24.4 Å². The van der Waals surface area contributed by atoms with Gasteiger partial charge in [-0.15, -0.1) is 11.3 Å². The Morgan fingerprint density at radius 1 is 1.57 bits per heavy atom. The van der Waals surface area contributed by atoms with Crippen molar-refractivity contribution < 1.29 is 4.74 Å². The number of methoxy groups -OCH3 is 1. The number of hydrogen-bond acceptors (Lipinski definition) is 4. The number of thiophene rings is 1. The molecular formula is C9H11N3OS. The minimum Gasteiger partial charge on any atom is -0.374 e. The van der Waals surface area contributed by atoms with Crippen LogP contribution in [0, 0.1) is 0 Å². The highest BCUT2D eigenvalue weighted by Crippen LogP contribution is 2.22. The normalized spacial score (nSPS) is 13.0. The van der Waals surface area contributed by atoms with Crippen molar-refractivity contribution in [3.05, 3.63) is 23.3 Å². The molecule has 0 amide bonds. The minimum absolute atomic E-state index is 0.0452. The Hall–Kier alpha value is -1.20. The second kappa shape index (κ2) is 3.89. The summed E-state index contributed by atoms with van der Waals surface area (Å²) in [7, 11) is 1.65. The van der Waals surface area contributed by atoms with E-state index in [1.54, 1.807) is 18.4 Å². The van der Waals surface area contributed by atoms with E-state index < -0.39 is 0 Å². The van der Waals surface area contributed by atoms with Crippen LogP contribution in [0.4, 0.5) is 0 Å². The van der Waals surface area contributed by atoms with Gasteiger partial charge in [-0.05, 0) is 18.4 Å². The van der Waals surface area contributed by atoms with Crippen molar-refractivity contribution in [1.29, 1.82) is 0 Å². The number of hydrogen-bond donors (Lipinski definition) is 1. The Bertz CT molecular complexity index is 396. The van der Waals surface area contributed by atoms with Crippen LogP contribution in [0.3, 0.4) is 0 Å². The Morgan fingerprint density at radius 3 is 3.07 bits per heavy atom. The molecule has 14 heavy (non-hydrogen) atoms. The average molecular weight is 209 g/mol. The van der Waals surface area contributed by atoms with Gasteiger partial charge < -0.3 is 4.74 Å². The molecule has 2 aromatic heterocycles. The highest BCUT2D eigenvalue weighted by molar-refractivity contribution is 7.13. The second-order valence-corrected chi connectivity index (χ2v) is 3.85. The standard InChI is InChI=1S/C9H11N3OS/c1-6(13-2)8-10-9(12-11-8)7-4-3-5-14-7/h3-6H,1-2H3,(H,10,11,12). The highest BCUT2D eigenvalue weighted by Gasteiger charge is 2.11. The van der Waals surface area contributed by atoms with E-state index in [9.17, 15) is 0 Å². The summed E-state index contributed by atoms with van der Waals surface area (Å²) >= 11 is 1.62. The van der Waals surface area contributed by atoms with Crippen molar-refractivity contribution in [3.8, 4) is 10.7 Å². The first-order valence-electron chi connectivity index (χ1n) is 4.30. The van der Waals surface area contributed by atoms with E-state index in [2.05, 4.69) is 15.2 Å². The van der Waals surface area contributed by atoms with Crippen LogP contribution in [0.15, 0.2) is 17.5 Å². The molecule has 0 aromatic carbocycles. The van der Waals surface area contributed by atoms with Crippen LogP contribution in [-0.2, 0) is 4.74 Å². The molecule has 0 bridgehead atoms. The highest BCUT2D eigenvalue weighted by atomic mass is 32.1. The Labute approximate surface area is 86.0 Å². The molecule has 0 saturated heterocycles. The molecular weight excluding hydrogens is 198 g/mol. The molecule has 0 spiro atoms. The first-order chi connectivity index (χ1) is 6.81. The zero-order valence-corrected chi connectivity index (χ0v) is 8.84. The summed E-state index contributed by atoms with van der Waals surface area (Å²) < 4.78 is 5.14. The van der Waals surface area contributed by atoms with E-state index >= 15 is 0 Å². The predicted octanol–water partition coefficient (Wildman–Crippen LogP) is 2.24. The molecule has 0 aliphatic rings. The van der Waals surface area contributed by atoms with Gasteiger partial charge >= 0.3 is 0 Å². The number of nitrogens with zero attached hydrogens (tertiary/aromatic N) is 2. The molecule has 1 N–H and O–H groups in total. The van der Waals surface area contributed by atoms with Gasteiger partial charge in [-0.1, -0.05) is 6.07 Å². The van der Waals surface area contributed by atoms with Crippen molar-refractivity contribution in [2.45, 2.75) is 13.0 Å². The maximum absolute atomic E-state index is 5.14. The van der Waals surface area contributed by atoms with Crippen LogP contribution < -0.4 is 0 Å². The fourth-order valence-electron chi connectivity index (χ4n) is 1.08. The first kappa shape index (κ1) is 9.36. The molecule has 2 rings (SSSR count). The van der Waals surface area contributed by atoms with Crippen LogP contribution in [0.5, 0.6) is 0 Å². The van der Waals surface area contributed by atoms with E-state index in [0.29, 0.717) is 0 Å². The van der Waals surface area contributed by atoms with E-state index in [1.165, 1.54) is 0 Å². The van der Waals surface area contributed by atoms with Gasteiger partial charge in [-0.2, -0.15) is 5.10 Å². The number of aromatic nitrogens is 3. The van der Waals surface area contributed by atoms with Gasteiger partial charge in [0.2, 0.25) is 0 Å². The molecule has 0 aliphatic carbocycles. The molecule has 1 atom stereocenters. The predicted molar refractivity (Wildman–Crippen MR) is 55.1 cm³/mol. The first-order valence-corrected chi connectivity index (χ1v) is 5.18. The third-order valence-electron chi connectivity index (χ3n) is 1.98. The molecule has 0 aliphatic heterocycles. The van der Waals surface area contributed by atoms with E-state index in [4.69, 9.17) is 4.74 Å². The van der Waals surface area contributed by atoms with Crippen LogP contribution in [0.2, 0.25) is 0 Å². The lowest BCUT2D eigenvalue weighted by atomic mass is 10.4. The Kier molecular flexibility index (Phi) is 2.60. The SMILES string of the molecule is COC(C)c1nc(-c2cccs2)n[nH]1. The van der Waals surface area contributed by atoms with Crippen molar-refractivity contribution in [2.75, 3.05) is 7.11 Å². The molecule has 2 aromatic rings. The number of aromatic amines is 1. The average Bonchev–Trinajstić information content (AvgIpc) is 2.86. The molecule has 5 heteroatoms. The van der Waals surface area contributed by atoms with Crippen LogP contribution in [-0.4, -0.2) is 22.3 Å². The van der Waals surface area contributed by atoms with Crippen molar-refractivity contribution in [3.63, 3.8) is 0 Å². The molecule has 0 fully saturated rings. The third kappa shape index (κ3) is 1.69. The fraction of sp³-hybridized carbons (Fsp3) is 0.333. The van der Waals surface area contributed by atoms with Gasteiger partial charge in [-0.25, -0.2) is 4.98 Å². The summed E-state index contributed by atoms with van der Waals surface area (Å²) in [4.78, 5) is 5.41. The van der Waals surface area contributed by atoms with Gasteiger partial charge in [0.05, 0.1) is 4.88 Å². The lowest BCUT2D eigenvalue weighted by molar-refractivity contribution is 0.112. The maximum atomic E-state index is 5.14. The van der Waals surface area contributed by atoms with E-state index in [-0.39, 0.29) is 6.10 Å². The van der Waals surface area contributed by atoms with Gasteiger partial charge in [-0.3, -0.25) is 5.10 Å². The number of nitrogens with one attached hydrogen (secondary N) is 1. The third-order valence-corrected chi connectivity index (χ3v) is 2.85. The molecule has 0 radical (unpaired) electrons. The van der Waals surface area contributed by atoms with Gasteiger partial charge in [0.1, 0.15) is 6.10 Å². The van der Waals surface area contributed by atoms with Crippen molar-refractivity contribution >= 4 is 11.3 Å². The lowest BCUT2D eigenvalue weighted by Crippen LogP contribution is -1.97. The minimum atomic E-state index is -0.0452. The van der Waals surface area contributed by atoms with Crippen molar-refractivity contribution in [1.82, 2.24) is 15.2 Å². The van der Waals surface area contributed by atoms with Crippen molar-refractivity contribution in [2.24, 2.45) is 0 Å². The molecule has 0 saturated carbocycles. The van der Waals surface area contributed by atoms with Gasteiger partial charge in [0.15, 0.2) is 11.6 Å². The molecule has 2 heterocycles. The lowest BCUT2D eigenvalue weighted by Gasteiger charge is -2.02. The summed E-state index contributed by atoms with van der Waals surface area (Å²) in [6.45, 7) is 1.93. The second-order valence-electron chi connectivity index (χ2n) is 2.90. The zero-order valence-electron chi connectivity index (χ0n) is 8.02. The molecule has 1 unspecified atom stereocenters. The molecule has 4 nitrogen and oxygen atoms in total. The van der Waals surface area contributed by atoms with Gasteiger partial charge in [0, 0.05) is 7.11 Å². The van der Waals surface area contributed by atoms with Gasteiger partial charge in [0.25, 0.3) is 0 Å². The summed E-state index contributed by atoms with van der Waals surface area (Å²) in [5.41, 5.74) is 0. The number of rotatable bonds is 3. The largest absolute Gasteiger partial charge is 0.374 e. The monoisotopic (exact) mass is 209 g/mol. The summed E-state index contributed by atoms with van der Waals surface area (Å²) in [5.74, 6) is 1.50. The van der Waals surface area contributed by atoms with E-state index in [0.717, 1.165) is 16.5 Å². The number of ether oxygens (including phenoxy) is 1. The maximum Gasteiger partial charge on any atom is 0.191 e. The fourth-order valence-corrected chi connectivity index (χ4v) is 1.74. The quantitative estimate of drug-likeness (QED) is 0.843. The number of H-pyrrole nitrogens is 1. The summed E-state index contributed by atoms with van der Waals surface area (Å²) in [6, 6.07) is 3.98. The summed E-state index contributed by atoms with van der Waals surface area (Å²) in [5, 5.41) is 8.99. The topological polar surface area (TPSA) is 50.8 Å². The van der Waals surface area contributed by atoms with Crippen LogP contribution in [0.1, 0.15) is 18.9 Å². The zero-order chi connectivity index (χ0) is 9.97. The Balaban J connectivity index is 2.26. The van der Waals surface area contributed by atoms with Crippen LogP contribution in [0.25, 0.3) is 10.7 Å².